The van der Waals surface area contributed by atoms with Crippen molar-refractivity contribution in [2.45, 2.75) is 19.4 Å². The Morgan fingerprint density at radius 3 is 3.18 bits per heavy atom. The van der Waals surface area contributed by atoms with Gasteiger partial charge in [0.05, 0.1) is 18.2 Å². The molecule has 1 aromatic heterocycles. The number of nitrogens with two attached hydrogens (primary N) is 1. The van der Waals surface area contributed by atoms with E-state index in [0.29, 0.717) is 30.1 Å². The molecule has 5 nitrogen and oxygen atoms in total. The van der Waals surface area contributed by atoms with Crippen LogP contribution in [0.4, 0.5) is 5.00 Å². The minimum atomic E-state index is -0.388. The van der Waals surface area contributed by atoms with E-state index in [2.05, 4.69) is 11.4 Å². The monoisotopic (exact) mass is 251 g/mol. The zero-order valence-electron chi connectivity index (χ0n) is 9.45. The van der Waals surface area contributed by atoms with Crippen LogP contribution < -0.4 is 11.1 Å². The number of nitrogens with zero attached hydrogens (tertiary/aromatic N) is 1. The molecule has 0 aromatic carbocycles. The van der Waals surface area contributed by atoms with Gasteiger partial charge in [-0.25, -0.2) is 4.79 Å². The van der Waals surface area contributed by atoms with Crippen molar-refractivity contribution in [3.8, 4) is 6.07 Å². The average molecular weight is 251 g/mol. The van der Waals surface area contributed by atoms with Gasteiger partial charge in [-0.05, 0) is 18.9 Å². The van der Waals surface area contributed by atoms with E-state index in [9.17, 15) is 4.79 Å². The van der Waals surface area contributed by atoms with Gasteiger partial charge in [0, 0.05) is 11.4 Å². The first-order chi connectivity index (χ1) is 8.19. The fourth-order valence-electron chi connectivity index (χ4n) is 1.95. The molecule has 0 bridgehead atoms. The Morgan fingerprint density at radius 2 is 2.53 bits per heavy atom. The summed E-state index contributed by atoms with van der Waals surface area (Å²) < 4.78 is 4.99. The maximum absolute atomic E-state index is 11.8. The second kappa shape index (κ2) is 4.73. The van der Waals surface area contributed by atoms with Crippen LogP contribution in [0.25, 0.3) is 0 Å². The number of carbonyl (C=O) groups excluding carboxylic acids is 1. The van der Waals surface area contributed by atoms with E-state index in [1.54, 1.807) is 6.92 Å². The van der Waals surface area contributed by atoms with Gasteiger partial charge >= 0.3 is 5.97 Å². The van der Waals surface area contributed by atoms with Crippen molar-refractivity contribution in [2.24, 2.45) is 0 Å². The van der Waals surface area contributed by atoms with Gasteiger partial charge in [-0.3, -0.25) is 5.32 Å². The van der Waals surface area contributed by atoms with Crippen molar-refractivity contribution in [1.29, 1.82) is 5.26 Å². The molecule has 0 amide bonds. The molecule has 0 fully saturated rings. The van der Waals surface area contributed by atoms with Crippen LogP contribution in [-0.2, 0) is 11.2 Å². The number of fused-ring (bicyclic) bond motifs is 1. The zero-order valence-corrected chi connectivity index (χ0v) is 10.3. The number of hydrogen-bond donors (Lipinski definition) is 2. The highest BCUT2D eigenvalue weighted by Crippen LogP contribution is 2.37. The van der Waals surface area contributed by atoms with Gasteiger partial charge in [-0.2, -0.15) is 5.26 Å². The molecule has 2 heterocycles. The van der Waals surface area contributed by atoms with Gasteiger partial charge in [0.25, 0.3) is 0 Å². The summed E-state index contributed by atoms with van der Waals surface area (Å²) in [5, 5.41) is 12.5. The van der Waals surface area contributed by atoms with Crippen molar-refractivity contribution in [2.75, 3.05) is 18.9 Å². The van der Waals surface area contributed by atoms with Crippen molar-refractivity contribution >= 4 is 22.3 Å². The first-order valence-electron chi connectivity index (χ1n) is 5.40. The van der Waals surface area contributed by atoms with E-state index in [1.807, 2.05) is 0 Å². The maximum Gasteiger partial charge on any atom is 0.341 e. The fourth-order valence-corrected chi connectivity index (χ4v) is 3.08. The molecule has 17 heavy (non-hydrogen) atoms. The van der Waals surface area contributed by atoms with Crippen LogP contribution in [0, 0.1) is 11.3 Å². The molecule has 0 aliphatic carbocycles. The highest BCUT2D eigenvalue weighted by Gasteiger charge is 2.29. The number of nitrogens with one attached hydrogen (secondary N) is 1. The Morgan fingerprint density at radius 1 is 1.76 bits per heavy atom. The molecule has 1 unspecified atom stereocenters. The largest absolute Gasteiger partial charge is 0.462 e. The Kier molecular flexibility index (Phi) is 3.31. The molecule has 6 heteroatoms. The van der Waals surface area contributed by atoms with Crippen LogP contribution in [0.15, 0.2) is 0 Å². The second-order valence-corrected chi connectivity index (χ2v) is 4.75. The lowest BCUT2D eigenvalue weighted by Gasteiger charge is -2.18. The van der Waals surface area contributed by atoms with Gasteiger partial charge in [0.15, 0.2) is 0 Å². The zero-order chi connectivity index (χ0) is 12.4. The molecular formula is C11H13N3O2S. The number of ether oxygens (including phenoxy) is 1. The number of nitriles is 1. The van der Waals surface area contributed by atoms with Gasteiger partial charge < -0.3 is 10.5 Å². The summed E-state index contributed by atoms with van der Waals surface area (Å²) in [6.07, 6.45) is 0.704. The third-order valence-corrected chi connectivity index (χ3v) is 3.79. The minimum absolute atomic E-state index is 0.322. The Hall–Kier alpha value is -1.58. The van der Waals surface area contributed by atoms with E-state index in [-0.39, 0.29) is 12.0 Å². The summed E-state index contributed by atoms with van der Waals surface area (Å²) in [6, 6.07) is 1.80. The predicted octanol–water partition coefficient (Wildman–Crippen LogP) is 1.22. The molecule has 3 N–H and O–H groups in total. The number of anilines is 1. The number of hydrogen-bond acceptors (Lipinski definition) is 6. The number of thiophene rings is 1. The first kappa shape index (κ1) is 11.9. The first-order valence-corrected chi connectivity index (χ1v) is 6.21. The van der Waals surface area contributed by atoms with Crippen LogP contribution in [0.3, 0.4) is 0 Å². The molecule has 1 aromatic rings. The molecule has 0 radical (unpaired) electrons. The van der Waals surface area contributed by atoms with Gasteiger partial charge in [0.2, 0.25) is 0 Å². The molecule has 1 atom stereocenters. The van der Waals surface area contributed by atoms with E-state index in [1.165, 1.54) is 11.3 Å². The Labute approximate surface area is 103 Å². The summed E-state index contributed by atoms with van der Waals surface area (Å²) in [5.41, 5.74) is 7.17. The number of esters is 1. The van der Waals surface area contributed by atoms with E-state index in [4.69, 9.17) is 15.7 Å². The van der Waals surface area contributed by atoms with Gasteiger partial charge in [0.1, 0.15) is 11.0 Å². The molecule has 2 rings (SSSR count). The van der Waals surface area contributed by atoms with Crippen LogP contribution in [-0.4, -0.2) is 19.1 Å². The summed E-state index contributed by atoms with van der Waals surface area (Å²) in [4.78, 5) is 12.6. The lowest BCUT2D eigenvalue weighted by Crippen LogP contribution is -2.28. The molecule has 0 spiro atoms. The second-order valence-electron chi connectivity index (χ2n) is 3.67. The lowest BCUT2D eigenvalue weighted by atomic mass is 10.00. The Bertz CT molecular complexity index is 490. The highest BCUT2D eigenvalue weighted by atomic mass is 32.1. The predicted molar refractivity (Wildman–Crippen MR) is 64.7 cm³/mol. The summed E-state index contributed by atoms with van der Waals surface area (Å²) in [5.74, 6) is -0.388. The van der Waals surface area contributed by atoms with E-state index in [0.717, 1.165) is 10.4 Å². The molecule has 90 valence electrons. The molecule has 1 aliphatic heterocycles. The number of rotatable bonds is 2. The van der Waals surface area contributed by atoms with Crippen molar-refractivity contribution in [3.05, 3.63) is 16.0 Å². The van der Waals surface area contributed by atoms with Crippen LogP contribution in [0.5, 0.6) is 0 Å². The smallest absolute Gasteiger partial charge is 0.341 e. The molecule has 1 aliphatic rings. The average Bonchev–Trinajstić information content (AvgIpc) is 2.65. The standard InChI is InChI=1S/C11H13N3O2S/c1-2-16-11(15)8-6-3-4-14-7(5-12)9(6)17-10(8)13/h7,14H,2-4,13H2,1H3. The normalized spacial score (nSPS) is 18.2. The maximum atomic E-state index is 11.8. The summed E-state index contributed by atoms with van der Waals surface area (Å²) >= 11 is 1.30. The van der Waals surface area contributed by atoms with Crippen molar-refractivity contribution in [3.63, 3.8) is 0 Å². The quantitative estimate of drug-likeness (QED) is 0.771. The van der Waals surface area contributed by atoms with Crippen molar-refractivity contribution in [1.82, 2.24) is 5.32 Å². The third kappa shape index (κ3) is 1.99. The topological polar surface area (TPSA) is 88.1 Å². The van der Waals surface area contributed by atoms with Gasteiger partial charge in [-0.1, -0.05) is 0 Å². The molecule has 0 saturated carbocycles. The SMILES string of the molecule is CCOC(=O)c1c(N)sc2c1CCNC2C#N. The Balaban J connectivity index is 2.45. The summed E-state index contributed by atoms with van der Waals surface area (Å²) in [7, 11) is 0. The van der Waals surface area contributed by atoms with Crippen molar-refractivity contribution < 1.29 is 9.53 Å². The minimum Gasteiger partial charge on any atom is -0.462 e. The van der Waals surface area contributed by atoms with Gasteiger partial charge in [-0.15, -0.1) is 11.3 Å². The van der Waals surface area contributed by atoms with Crippen LogP contribution >= 0.6 is 11.3 Å². The summed E-state index contributed by atoms with van der Waals surface area (Å²) in [6.45, 7) is 2.75. The lowest BCUT2D eigenvalue weighted by molar-refractivity contribution is 0.0526. The van der Waals surface area contributed by atoms with E-state index < -0.39 is 0 Å². The van der Waals surface area contributed by atoms with E-state index >= 15 is 0 Å². The third-order valence-electron chi connectivity index (χ3n) is 2.66. The number of carbonyl (C=O) groups is 1. The fraction of sp³-hybridized carbons (Fsp3) is 0.455. The number of nitrogen functional groups attached to an aromatic ring is 1. The molecule has 0 saturated heterocycles. The highest BCUT2D eigenvalue weighted by molar-refractivity contribution is 7.16. The van der Waals surface area contributed by atoms with Crippen LogP contribution in [0.1, 0.15) is 33.8 Å². The van der Waals surface area contributed by atoms with Crippen LogP contribution in [0.2, 0.25) is 0 Å². The molecular weight excluding hydrogens is 238 g/mol.